The first-order valence-electron chi connectivity index (χ1n) is 4.77. The van der Waals surface area contributed by atoms with Crippen molar-refractivity contribution in [3.05, 3.63) is 0 Å². The van der Waals surface area contributed by atoms with Crippen LogP contribution in [-0.2, 0) is 9.59 Å². The molecule has 0 saturated carbocycles. The first-order chi connectivity index (χ1) is 6.49. The summed E-state index contributed by atoms with van der Waals surface area (Å²) in [5.41, 5.74) is 5.55. The molecule has 1 amide bonds. The van der Waals surface area contributed by atoms with Crippen molar-refractivity contribution in [2.45, 2.75) is 45.2 Å². The van der Waals surface area contributed by atoms with Crippen molar-refractivity contribution in [2.75, 3.05) is 0 Å². The average molecular weight is 202 g/mol. The van der Waals surface area contributed by atoms with Crippen LogP contribution in [0.2, 0.25) is 0 Å². The first-order valence-corrected chi connectivity index (χ1v) is 4.77. The zero-order valence-electron chi connectivity index (χ0n) is 8.62. The van der Waals surface area contributed by atoms with E-state index in [-0.39, 0.29) is 0 Å². The number of amides is 1. The molecular formula is C9H18N2O3. The minimum absolute atomic E-state index is 0.395. The van der Waals surface area contributed by atoms with E-state index in [1.54, 1.807) is 0 Å². The number of aliphatic carboxylic acids is 1. The molecule has 0 fully saturated rings. The maximum absolute atomic E-state index is 11.3. The van der Waals surface area contributed by atoms with Gasteiger partial charge in [0.15, 0.2) is 0 Å². The number of unbranched alkanes of at least 4 members (excludes halogenated alkanes) is 1. The van der Waals surface area contributed by atoms with E-state index in [0.29, 0.717) is 6.42 Å². The molecule has 0 saturated heterocycles. The zero-order valence-corrected chi connectivity index (χ0v) is 8.62. The maximum atomic E-state index is 11.3. The molecular weight excluding hydrogens is 184 g/mol. The van der Waals surface area contributed by atoms with Gasteiger partial charge < -0.3 is 16.2 Å². The predicted octanol–water partition coefficient (Wildman–Crippen LogP) is 0.0932. The fourth-order valence-electron chi connectivity index (χ4n) is 0.937. The first kappa shape index (κ1) is 12.9. The number of nitrogens with one attached hydrogen (secondary N) is 1. The maximum Gasteiger partial charge on any atom is 0.325 e. The van der Waals surface area contributed by atoms with E-state index in [1.165, 1.54) is 6.92 Å². The molecule has 0 heterocycles. The highest BCUT2D eigenvalue weighted by molar-refractivity contribution is 5.86. The van der Waals surface area contributed by atoms with Crippen LogP contribution in [-0.4, -0.2) is 29.1 Å². The topological polar surface area (TPSA) is 92.4 Å². The largest absolute Gasteiger partial charge is 0.480 e. The van der Waals surface area contributed by atoms with E-state index in [2.05, 4.69) is 5.32 Å². The number of carbonyl (C=O) groups excluding carboxylic acids is 1. The lowest BCUT2D eigenvalue weighted by Crippen LogP contribution is -2.47. The highest BCUT2D eigenvalue weighted by Gasteiger charge is 2.18. The summed E-state index contributed by atoms with van der Waals surface area (Å²) in [6.07, 6.45) is 2.43. The monoisotopic (exact) mass is 202 g/mol. The SMILES string of the molecule is CCCC[C@H](N)C(=O)NC(C)C(=O)O. The van der Waals surface area contributed by atoms with Gasteiger partial charge in [-0.15, -0.1) is 0 Å². The van der Waals surface area contributed by atoms with Gasteiger partial charge in [-0.3, -0.25) is 9.59 Å². The Bertz CT molecular complexity index is 206. The average Bonchev–Trinajstić information content (AvgIpc) is 2.13. The third kappa shape index (κ3) is 4.81. The van der Waals surface area contributed by atoms with Gasteiger partial charge in [-0.2, -0.15) is 0 Å². The molecule has 0 aliphatic heterocycles. The molecule has 0 bridgehead atoms. The van der Waals surface area contributed by atoms with Crippen molar-refractivity contribution < 1.29 is 14.7 Å². The van der Waals surface area contributed by atoms with E-state index in [9.17, 15) is 9.59 Å². The van der Waals surface area contributed by atoms with Crippen LogP contribution in [0, 0.1) is 0 Å². The van der Waals surface area contributed by atoms with Gasteiger partial charge in [-0.05, 0) is 13.3 Å². The van der Waals surface area contributed by atoms with Crippen LogP contribution in [0.15, 0.2) is 0 Å². The van der Waals surface area contributed by atoms with Gasteiger partial charge in [-0.25, -0.2) is 0 Å². The third-order valence-corrected chi connectivity index (χ3v) is 1.93. The van der Waals surface area contributed by atoms with Gasteiger partial charge in [0.05, 0.1) is 6.04 Å². The minimum Gasteiger partial charge on any atom is -0.480 e. The van der Waals surface area contributed by atoms with Crippen molar-refractivity contribution in [3.8, 4) is 0 Å². The van der Waals surface area contributed by atoms with Crippen LogP contribution < -0.4 is 11.1 Å². The molecule has 5 heteroatoms. The Hall–Kier alpha value is -1.10. The molecule has 82 valence electrons. The van der Waals surface area contributed by atoms with E-state index in [1.807, 2.05) is 6.92 Å². The van der Waals surface area contributed by atoms with Crippen molar-refractivity contribution in [1.29, 1.82) is 0 Å². The second-order valence-corrected chi connectivity index (χ2v) is 3.32. The molecule has 0 spiro atoms. The summed E-state index contributed by atoms with van der Waals surface area (Å²) in [6.45, 7) is 3.41. The number of hydrogen-bond acceptors (Lipinski definition) is 3. The molecule has 0 rings (SSSR count). The summed E-state index contributed by atoms with van der Waals surface area (Å²) in [6, 6.07) is -1.48. The number of carboxylic acids is 1. The second-order valence-electron chi connectivity index (χ2n) is 3.32. The fraction of sp³-hybridized carbons (Fsp3) is 0.778. The number of rotatable bonds is 6. The zero-order chi connectivity index (χ0) is 11.1. The summed E-state index contributed by atoms with van der Waals surface area (Å²) in [4.78, 5) is 21.7. The van der Waals surface area contributed by atoms with Gasteiger partial charge in [-0.1, -0.05) is 19.8 Å². The Morgan fingerprint density at radius 3 is 2.50 bits per heavy atom. The summed E-state index contributed by atoms with van der Waals surface area (Å²) in [7, 11) is 0. The Morgan fingerprint density at radius 1 is 1.50 bits per heavy atom. The fourth-order valence-corrected chi connectivity index (χ4v) is 0.937. The summed E-state index contributed by atoms with van der Waals surface area (Å²) >= 11 is 0. The third-order valence-electron chi connectivity index (χ3n) is 1.93. The molecule has 0 aromatic rings. The van der Waals surface area contributed by atoms with Crippen LogP contribution in [0.25, 0.3) is 0 Å². The predicted molar refractivity (Wildman–Crippen MR) is 52.7 cm³/mol. The number of hydrogen-bond donors (Lipinski definition) is 3. The Kier molecular flexibility index (Phi) is 5.87. The quantitative estimate of drug-likeness (QED) is 0.569. The van der Waals surface area contributed by atoms with E-state index >= 15 is 0 Å². The second kappa shape index (κ2) is 6.37. The molecule has 0 aliphatic rings. The lowest BCUT2D eigenvalue weighted by atomic mass is 10.1. The number of nitrogens with two attached hydrogens (primary N) is 1. The lowest BCUT2D eigenvalue weighted by Gasteiger charge is -2.14. The molecule has 0 aromatic heterocycles. The van der Waals surface area contributed by atoms with E-state index in [4.69, 9.17) is 10.8 Å². The highest BCUT2D eigenvalue weighted by Crippen LogP contribution is 1.98. The Morgan fingerprint density at radius 2 is 2.07 bits per heavy atom. The lowest BCUT2D eigenvalue weighted by molar-refractivity contribution is -0.141. The molecule has 0 aliphatic carbocycles. The number of carbonyl (C=O) groups is 2. The van der Waals surface area contributed by atoms with Crippen LogP contribution in [0.4, 0.5) is 0 Å². The molecule has 1 unspecified atom stereocenters. The van der Waals surface area contributed by atoms with Crippen molar-refractivity contribution >= 4 is 11.9 Å². The normalized spacial score (nSPS) is 14.5. The summed E-state index contributed by atoms with van der Waals surface area (Å²) in [5.74, 6) is -1.45. The summed E-state index contributed by atoms with van der Waals surface area (Å²) in [5, 5.41) is 10.9. The number of carboxylic acid groups (broad SMARTS) is 1. The highest BCUT2D eigenvalue weighted by atomic mass is 16.4. The van der Waals surface area contributed by atoms with Crippen molar-refractivity contribution in [3.63, 3.8) is 0 Å². The Labute approximate surface area is 83.7 Å². The molecule has 0 radical (unpaired) electrons. The van der Waals surface area contributed by atoms with Gasteiger partial charge in [0.2, 0.25) is 5.91 Å². The molecule has 4 N–H and O–H groups in total. The van der Waals surface area contributed by atoms with E-state index in [0.717, 1.165) is 12.8 Å². The standard InChI is InChI=1S/C9H18N2O3/c1-3-4-5-7(10)8(12)11-6(2)9(13)14/h6-7H,3-5,10H2,1-2H3,(H,11,12)(H,13,14)/t6?,7-/m0/s1. The summed E-state index contributed by atoms with van der Waals surface area (Å²) < 4.78 is 0. The van der Waals surface area contributed by atoms with Gasteiger partial charge in [0.1, 0.15) is 6.04 Å². The van der Waals surface area contributed by atoms with Crippen LogP contribution in [0.1, 0.15) is 33.1 Å². The minimum atomic E-state index is -1.05. The molecule has 0 aromatic carbocycles. The molecule has 14 heavy (non-hydrogen) atoms. The van der Waals surface area contributed by atoms with Gasteiger partial charge >= 0.3 is 5.97 Å². The van der Waals surface area contributed by atoms with Gasteiger partial charge in [0, 0.05) is 0 Å². The van der Waals surface area contributed by atoms with Crippen molar-refractivity contribution in [1.82, 2.24) is 5.32 Å². The molecule has 2 atom stereocenters. The van der Waals surface area contributed by atoms with Crippen LogP contribution in [0.3, 0.4) is 0 Å². The van der Waals surface area contributed by atoms with Crippen molar-refractivity contribution in [2.24, 2.45) is 5.73 Å². The Balaban J connectivity index is 3.88. The van der Waals surface area contributed by atoms with E-state index < -0.39 is 24.0 Å². The molecule has 5 nitrogen and oxygen atoms in total. The van der Waals surface area contributed by atoms with Crippen LogP contribution in [0.5, 0.6) is 0 Å². The van der Waals surface area contributed by atoms with Crippen LogP contribution >= 0.6 is 0 Å². The smallest absolute Gasteiger partial charge is 0.325 e. The van der Waals surface area contributed by atoms with Gasteiger partial charge in [0.25, 0.3) is 0 Å².